The van der Waals surface area contributed by atoms with Crippen LogP contribution in [0.15, 0.2) is 54.9 Å². The van der Waals surface area contributed by atoms with Gasteiger partial charge in [-0.3, -0.25) is 4.79 Å². The van der Waals surface area contributed by atoms with E-state index in [4.69, 9.17) is 0 Å². The van der Waals surface area contributed by atoms with Crippen molar-refractivity contribution in [2.24, 2.45) is 0 Å². The summed E-state index contributed by atoms with van der Waals surface area (Å²) in [5.74, 6) is -0.677. The van der Waals surface area contributed by atoms with Crippen LogP contribution in [0.3, 0.4) is 0 Å². The van der Waals surface area contributed by atoms with E-state index < -0.39 is 6.04 Å². The molecule has 0 radical (unpaired) electrons. The number of aryl methyl sites for hydroxylation is 1. The molecule has 6 nitrogen and oxygen atoms in total. The van der Waals surface area contributed by atoms with E-state index in [9.17, 15) is 9.18 Å². The molecule has 1 amide bonds. The van der Waals surface area contributed by atoms with Crippen LogP contribution in [0.1, 0.15) is 17.2 Å². The van der Waals surface area contributed by atoms with Crippen LogP contribution in [0.4, 0.5) is 10.1 Å². The first-order chi connectivity index (χ1) is 11.6. The number of nitrogens with zero attached hydrogens (tertiary/aromatic N) is 4. The summed E-state index contributed by atoms with van der Waals surface area (Å²) in [7, 11) is 0. The van der Waals surface area contributed by atoms with E-state index in [2.05, 4.69) is 20.8 Å². The molecule has 0 spiro atoms. The highest BCUT2D eigenvalue weighted by molar-refractivity contribution is 5.93. The van der Waals surface area contributed by atoms with Gasteiger partial charge in [0, 0.05) is 12.1 Å². The number of halogens is 1. The average molecular weight is 325 g/mol. The Morgan fingerprint density at radius 2 is 2.04 bits per heavy atom. The molecule has 1 unspecified atom stereocenters. The molecule has 3 rings (SSSR count). The maximum atomic E-state index is 13.7. The number of benzene rings is 2. The zero-order chi connectivity index (χ0) is 16.9. The number of amides is 1. The largest absolute Gasteiger partial charge is 0.324 e. The molecule has 0 saturated heterocycles. The van der Waals surface area contributed by atoms with Gasteiger partial charge in [-0.1, -0.05) is 36.4 Å². The zero-order valence-corrected chi connectivity index (χ0v) is 13.1. The van der Waals surface area contributed by atoms with E-state index >= 15 is 0 Å². The second-order valence-electron chi connectivity index (χ2n) is 5.45. The van der Waals surface area contributed by atoms with Gasteiger partial charge in [-0.2, -0.15) is 0 Å². The Balaban J connectivity index is 1.82. The SMILES string of the molecule is Cc1ccc(NC(=O)C(Cc2ccccc2)n2cnnn2)cc1F. The Morgan fingerprint density at radius 1 is 1.25 bits per heavy atom. The molecule has 0 saturated carbocycles. The number of hydrogen-bond acceptors (Lipinski definition) is 4. The Hall–Kier alpha value is -3.09. The van der Waals surface area contributed by atoms with Crippen molar-refractivity contribution >= 4 is 11.6 Å². The third-order valence-electron chi connectivity index (χ3n) is 3.70. The highest BCUT2D eigenvalue weighted by atomic mass is 19.1. The molecule has 2 aromatic carbocycles. The number of aromatic nitrogens is 4. The Bertz CT molecular complexity index is 820. The topological polar surface area (TPSA) is 72.7 Å². The lowest BCUT2D eigenvalue weighted by Crippen LogP contribution is -2.28. The summed E-state index contributed by atoms with van der Waals surface area (Å²) >= 11 is 0. The predicted octanol–water partition coefficient (Wildman–Crippen LogP) is 2.54. The minimum atomic E-state index is -0.633. The van der Waals surface area contributed by atoms with Crippen LogP contribution in [0.5, 0.6) is 0 Å². The van der Waals surface area contributed by atoms with Gasteiger partial charge in [-0.25, -0.2) is 9.07 Å². The van der Waals surface area contributed by atoms with Gasteiger partial charge < -0.3 is 5.32 Å². The van der Waals surface area contributed by atoms with Crippen molar-refractivity contribution in [3.8, 4) is 0 Å². The average Bonchev–Trinajstić information content (AvgIpc) is 3.11. The summed E-state index contributed by atoms with van der Waals surface area (Å²) in [6.45, 7) is 1.67. The van der Waals surface area contributed by atoms with Crippen molar-refractivity contribution in [1.82, 2.24) is 20.2 Å². The number of tetrazole rings is 1. The standard InChI is InChI=1S/C17H16FN5O/c1-12-7-8-14(10-15(12)18)20-17(24)16(23-11-19-21-22-23)9-13-5-3-2-4-6-13/h2-8,10-11,16H,9H2,1H3,(H,20,24). The molecule has 1 heterocycles. The molecule has 0 aliphatic carbocycles. The Morgan fingerprint density at radius 3 is 2.71 bits per heavy atom. The van der Waals surface area contributed by atoms with Crippen LogP contribution in [0.25, 0.3) is 0 Å². The van der Waals surface area contributed by atoms with Crippen molar-refractivity contribution in [1.29, 1.82) is 0 Å². The summed E-state index contributed by atoms with van der Waals surface area (Å²) < 4.78 is 15.1. The molecule has 1 N–H and O–H groups in total. The molecule has 7 heteroatoms. The minimum absolute atomic E-state index is 0.311. The molecule has 1 atom stereocenters. The molecular weight excluding hydrogens is 309 g/mol. The molecule has 0 aliphatic heterocycles. The number of hydrogen-bond donors (Lipinski definition) is 1. The van der Waals surface area contributed by atoms with Crippen molar-refractivity contribution in [2.75, 3.05) is 5.32 Å². The second-order valence-corrected chi connectivity index (χ2v) is 5.45. The molecule has 122 valence electrons. The number of nitrogens with one attached hydrogen (secondary N) is 1. The van der Waals surface area contributed by atoms with Gasteiger partial charge in [0.1, 0.15) is 18.2 Å². The molecule has 0 fully saturated rings. The van der Waals surface area contributed by atoms with Gasteiger partial charge in [0.25, 0.3) is 0 Å². The number of anilines is 1. The minimum Gasteiger partial charge on any atom is -0.324 e. The lowest BCUT2D eigenvalue weighted by molar-refractivity contribution is -0.119. The van der Waals surface area contributed by atoms with Crippen LogP contribution >= 0.6 is 0 Å². The smallest absolute Gasteiger partial charge is 0.249 e. The van der Waals surface area contributed by atoms with Gasteiger partial charge in [-0.15, -0.1) is 5.10 Å². The summed E-state index contributed by atoms with van der Waals surface area (Å²) in [6, 6.07) is 13.5. The van der Waals surface area contributed by atoms with Crippen LogP contribution < -0.4 is 5.32 Å². The van der Waals surface area contributed by atoms with Crippen molar-refractivity contribution in [3.63, 3.8) is 0 Å². The summed E-state index contributed by atoms with van der Waals surface area (Å²) in [5.41, 5.74) is 1.90. The third kappa shape index (κ3) is 3.62. The first-order valence-corrected chi connectivity index (χ1v) is 7.47. The first kappa shape index (κ1) is 15.8. The fourth-order valence-corrected chi connectivity index (χ4v) is 2.35. The first-order valence-electron chi connectivity index (χ1n) is 7.47. The fraction of sp³-hybridized carbons (Fsp3) is 0.176. The molecule has 24 heavy (non-hydrogen) atoms. The van der Waals surface area contributed by atoms with Gasteiger partial charge in [-0.05, 0) is 40.6 Å². The number of carbonyl (C=O) groups excluding carboxylic acids is 1. The zero-order valence-electron chi connectivity index (χ0n) is 13.1. The van der Waals surface area contributed by atoms with E-state index in [1.54, 1.807) is 19.1 Å². The predicted molar refractivity (Wildman–Crippen MR) is 86.8 cm³/mol. The maximum absolute atomic E-state index is 13.7. The molecule has 0 aliphatic rings. The fourth-order valence-electron chi connectivity index (χ4n) is 2.35. The maximum Gasteiger partial charge on any atom is 0.249 e. The molecule has 3 aromatic rings. The van der Waals surface area contributed by atoms with Crippen molar-refractivity contribution < 1.29 is 9.18 Å². The van der Waals surface area contributed by atoms with E-state index in [1.165, 1.54) is 17.1 Å². The summed E-state index contributed by atoms with van der Waals surface area (Å²) in [6.07, 6.45) is 1.81. The summed E-state index contributed by atoms with van der Waals surface area (Å²) in [5, 5.41) is 13.7. The summed E-state index contributed by atoms with van der Waals surface area (Å²) in [4.78, 5) is 12.7. The second kappa shape index (κ2) is 6.99. The van der Waals surface area contributed by atoms with Gasteiger partial charge in [0.05, 0.1) is 0 Å². The van der Waals surface area contributed by atoms with Crippen molar-refractivity contribution in [2.45, 2.75) is 19.4 Å². The number of carbonyl (C=O) groups is 1. The van der Waals surface area contributed by atoms with Crippen molar-refractivity contribution in [3.05, 3.63) is 71.8 Å². The highest BCUT2D eigenvalue weighted by Crippen LogP contribution is 2.18. The molecule has 0 bridgehead atoms. The third-order valence-corrected chi connectivity index (χ3v) is 3.70. The Kier molecular flexibility index (Phi) is 4.60. The quantitative estimate of drug-likeness (QED) is 0.782. The number of rotatable bonds is 5. The molecule has 1 aromatic heterocycles. The van der Waals surface area contributed by atoms with E-state index in [0.29, 0.717) is 17.7 Å². The van der Waals surface area contributed by atoms with Crippen LogP contribution in [0.2, 0.25) is 0 Å². The normalized spacial score (nSPS) is 11.9. The highest BCUT2D eigenvalue weighted by Gasteiger charge is 2.22. The van der Waals surface area contributed by atoms with Gasteiger partial charge >= 0.3 is 0 Å². The van der Waals surface area contributed by atoms with Gasteiger partial charge in [0.2, 0.25) is 5.91 Å². The van der Waals surface area contributed by atoms with E-state index in [1.807, 2.05) is 30.3 Å². The van der Waals surface area contributed by atoms with Crippen LogP contribution in [-0.2, 0) is 11.2 Å². The van der Waals surface area contributed by atoms with E-state index in [-0.39, 0.29) is 11.7 Å². The van der Waals surface area contributed by atoms with Crippen LogP contribution in [-0.4, -0.2) is 26.1 Å². The monoisotopic (exact) mass is 325 g/mol. The lowest BCUT2D eigenvalue weighted by Gasteiger charge is -2.16. The van der Waals surface area contributed by atoms with Gasteiger partial charge in [0.15, 0.2) is 0 Å². The molecular formula is C17H16FN5O. The lowest BCUT2D eigenvalue weighted by atomic mass is 10.1. The van der Waals surface area contributed by atoms with E-state index in [0.717, 1.165) is 5.56 Å². The van der Waals surface area contributed by atoms with Crippen LogP contribution in [0, 0.1) is 12.7 Å². The Labute approximate surface area is 138 Å².